The van der Waals surface area contributed by atoms with Crippen LogP contribution in [0.1, 0.15) is 186 Å². The summed E-state index contributed by atoms with van der Waals surface area (Å²) in [5.74, 6) is 0. The van der Waals surface area contributed by atoms with Crippen LogP contribution in [0.5, 0.6) is 0 Å². The summed E-state index contributed by atoms with van der Waals surface area (Å²) >= 11 is 0. The summed E-state index contributed by atoms with van der Waals surface area (Å²) in [5.41, 5.74) is 33.5. The van der Waals surface area contributed by atoms with Crippen molar-refractivity contribution in [2.75, 3.05) is 14.6 Å². The van der Waals surface area contributed by atoms with Crippen LogP contribution in [-0.2, 0) is 37.9 Å². The van der Waals surface area contributed by atoms with Crippen LogP contribution in [0.3, 0.4) is 0 Å². The smallest absolute Gasteiger partial charge is 0.333 e. The summed E-state index contributed by atoms with van der Waals surface area (Å²) in [4.78, 5) is 8.04. The van der Waals surface area contributed by atoms with Gasteiger partial charge in [0.2, 0.25) is 0 Å². The van der Waals surface area contributed by atoms with Gasteiger partial charge in [-0.3, -0.25) is 0 Å². The molecule has 10 aromatic rings. The molecular weight excluding hydrogens is 1090 g/mol. The predicted molar refractivity (Wildman–Crippen MR) is 388 cm³/mol. The third kappa shape index (κ3) is 9.11. The number of fused-ring (bicyclic) bond motifs is 10. The minimum Gasteiger partial charge on any atom is -0.376 e. The molecule has 0 N–H and O–H groups in total. The lowest BCUT2D eigenvalue weighted by Gasteiger charge is -2.50. The standard InChI is InChI=1S/C86H90BN3/c1-53-47-57(82(8,9)10)37-45-72(53)90-74-49-61(88(59-39-33-55(34-40-59)80(2,3)4)60-41-35-56(36-42-60)81(5,6)7)43-44-63(74)77-78-65(62-29-23-24-30-66(62)86(78,18)19)50-76-79(77)87(90)71-51-69-70(85(16,17)68-32-26-25-31-67(68)84(69,14)15)52-75(71)89(76)73-46-38-58(83(11,12)13)48-64(73)54-27-21-20-22-28-54/h20-52H,1-19H3. The van der Waals surface area contributed by atoms with Gasteiger partial charge in [-0.15, -0.1) is 0 Å². The first-order valence-electron chi connectivity index (χ1n) is 33.0. The Bertz CT molecular complexity index is 4490. The molecule has 0 radical (unpaired) electrons. The van der Waals surface area contributed by atoms with Gasteiger partial charge in [0.15, 0.2) is 0 Å². The molecular formula is C86H90BN3. The minimum absolute atomic E-state index is 0.00281. The maximum atomic E-state index is 2.80. The quantitative estimate of drug-likeness (QED) is 0.154. The second-order valence-corrected chi connectivity index (χ2v) is 32.4. The van der Waals surface area contributed by atoms with Crippen LogP contribution in [0, 0.1) is 6.92 Å². The fraction of sp³-hybridized carbons (Fsp3) is 0.302. The third-order valence-electron chi connectivity index (χ3n) is 21.2. The first-order valence-corrected chi connectivity index (χ1v) is 33.0. The van der Waals surface area contributed by atoms with Crippen molar-refractivity contribution in [1.82, 2.24) is 0 Å². The third-order valence-corrected chi connectivity index (χ3v) is 21.2. The Hall–Kier alpha value is -8.34. The fourth-order valence-corrected chi connectivity index (χ4v) is 16.0. The van der Waals surface area contributed by atoms with E-state index >= 15 is 0 Å². The highest BCUT2D eigenvalue weighted by Crippen LogP contribution is 2.60. The number of hydrogen-bond acceptors (Lipinski definition) is 3. The van der Waals surface area contributed by atoms with Crippen LogP contribution in [-0.4, -0.2) is 6.85 Å². The highest BCUT2D eigenvalue weighted by Gasteiger charge is 2.52. The zero-order valence-corrected chi connectivity index (χ0v) is 57.0. The van der Waals surface area contributed by atoms with Crippen molar-refractivity contribution in [2.45, 2.75) is 169 Å². The van der Waals surface area contributed by atoms with E-state index in [1.807, 2.05) is 0 Å². The van der Waals surface area contributed by atoms with E-state index in [1.54, 1.807) is 0 Å². The highest BCUT2D eigenvalue weighted by molar-refractivity contribution is 6.93. The molecule has 0 amide bonds. The van der Waals surface area contributed by atoms with Crippen molar-refractivity contribution in [3.05, 3.63) is 261 Å². The maximum Gasteiger partial charge on any atom is 0.333 e. The van der Waals surface area contributed by atoms with Crippen LogP contribution in [0.15, 0.2) is 200 Å². The van der Waals surface area contributed by atoms with E-state index in [-0.39, 0.29) is 44.8 Å². The van der Waals surface area contributed by atoms with Crippen molar-refractivity contribution in [3.8, 4) is 33.4 Å². The van der Waals surface area contributed by atoms with Crippen molar-refractivity contribution >= 4 is 63.3 Å². The van der Waals surface area contributed by atoms with Crippen molar-refractivity contribution in [3.63, 3.8) is 0 Å². The van der Waals surface area contributed by atoms with Gasteiger partial charge >= 0.3 is 6.85 Å². The average molecular weight is 1180 g/mol. The molecule has 0 saturated carbocycles. The number of nitrogens with zero attached hydrogens (tertiary/aromatic N) is 3. The fourth-order valence-electron chi connectivity index (χ4n) is 16.0. The molecule has 4 aliphatic rings. The summed E-state index contributed by atoms with van der Waals surface area (Å²) in [6, 6.07) is 78.7. The summed E-state index contributed by atoms with van der Waals surface area (Å²) in [6.07, 6.45) is 0. The summed E-state index contributed by atoms with van der Waals surface area (Å²) in [5, 5.41) is 0. The molecule has 452 valence electrons. The molecule has 0 fully saturated rings. The number of hydrogen-bond donors (Lipinski definition) is 0. The van der Waals surface area contributed by atoms with E-state index in [1.165, 1.54) is 134 Å². The first-order chi connectivity index (χ1) is 42.4. The van der Waals surface area contributed by atoms with E-state index in [0.717, 1.165) is 17.1 Å². The topological polar surface area (TPSA) is 9.72 Å². The van der Waals surface area contributed by atoms with Gasteiger partial charge in [-0.1, -0.05) is 258 Å². The van der Waals surface area contributed by atoms with Gasteiger partial charge in [0.25, 0.3) is 0 Å². The zero-order valence-electron chi connectivity index (χ0n) is 57.0. The SMILES string of the molecule is Cc1cc(C(C)(C)C)ccc1N1B2c3cc4c(cc3N(c3ccc(C(C)(C)C)cc3-c3ccccc3)c3cc5c(c(c32)-c2ccc(N(c3ccc(C(C)(C)C)cc3)c3ccc(C(C)(C)C)cc3)cc21)C(C)(C)c1ccccc1-5)C(C)(C)c1ccccc1C4(C)C. The maximum absolute atomic E-state index is 2.80. The second kappa shape index (κ2) is 20.1. The Balaban J connectivity index is 1.16. The van der Waals surface area contributed by atoms with Gasteiger partial charge in [-0.25, -0.2) is 0 Å². The zero-order chi connectivity index (χ0) is 63.7. The van der Waals surface area contributed by atoms with Crippen LogP contribution in [0.4, 0.5) is 45.5 Å². The van der Waals surface area contributed by atoms with Gasteiger partial charge in [-0.05, 0) is 190 Å². The highest BCUT2D eigenvalue weighted by atomic mass is 15.2. The van der Waals surface area contributed by atoms with Gasteiger partial charge in [0, 0.05) is 67.2 Å². The first kappa shape index (κ1) is 59.3. The Labute approximate surface area is 539 Å². The lowest BCUT2D eigenvalue weighted by atomic mass is 9.42. The van der Waals surface area contributed by atoms with Crippen molar-refractivity contribution < 1.29 is 0 Å². The van der Waals surface area contributed by atoms with Crippen molar-refractivity contribution in [1.29, 1.82) is 0 Å². The largest absolute Gasteiger partial charge is 0.376 e. The lowest BCUT2D eigenvalue weighted by molar-refractivity contribution is 0.521. The molecule has 3 nitrogen and oxygen atoms in total. The molecule has 0 atom stereocenters. The van der Waals surface area contributed by atoms with E-state index in [9.17, 15) is 0 Å². The summed E-state index contributed by atoms with van der Waals surface area (Å²) in [7, 11) is 0. The summed E-state index contributed by atoms with van der Waals surface area (Å²) in [6.45, 7) is 44.9. The minimum atomic E-state index is -0.334. The Kier molecular flexibility index (Phi) is 13.2. The number of anilines is 8. The van der Waals surface area contributed by atoms with E-state index in [4.69, 9.17) is 0 Å². The monoisotopic (exact) mass is 1180 g/mol. The average Bonchev–Trinajstić information content (AvgIpc) is 1.11. The van der Waals surface area contributed by atoms with E-state index in [2.05, 4.69) is 346 Å². The van der Waals surface area contributed by atoms with E-state index in [0.29, 0.717) is 0 Å². The number of rotatable bonds is 6. The molecule has 0 unspecified atom stereocenters. The molecule has 2 heterocycles. The molecule has 0 bridgehead atoms. The normalized spacial score (nSPS) is 15.7. The van der Waals surface area contributed by atoms with Crippen LogP contribution in [0.2, 0.25) is 0 Å². The molecule has 0 aromatic heterocycles. The molecule has 0 saturated heterocycles. The van der Waals surface area contributed by atoms with Crippen molar-refractivity contribution in [2.24, 2.45) is 0 Å². The molecule has 90 heavy (non-hydrogen) atoms. The molecule has 10 aromatic carbocycles. The molecule has 2 aliphatic carbocycles. The molecule has 14 rings (SSSR count). The van der Waals surface area contributed by atoms with Gasteiger partial charge < -0.3 is 14.6 Å². The van der Waals surface area contributed by atoms with Gasteiger partial charge in [0.1, 0.15) is 0 Å². The molecule has 4 heteroatoms. The predicted octanol–water partition coefficient (Wildman–Crippen LogP) is 22.3. The number of aryl methyl sites for hydroxylation is 1. The lowest BCUT2D eigenvalue weighted by Crippen LogP contribution is -2.62. The Morgan fingerprint density at radius 2 is 0.833 bits per heavy atom. The van der Waals surface area contributed by atoms with Crippen LogP contribution >= 0.6 is 0 Å². The van der Waals surface area contributed by atoms with Crippen LogP contribution in [0.25, 0.3) is 33.4 Å². The Morgan fingerprint density at radius 3 is 1.39 bits per heavy atom. The van der Waals surface area contributed by atoms with Gasteiger partial charge in [-0.2, -0.15) is 0 Å². The molecule has 2 aliphatic heterocycles. The second-order valence-electron chi connectivity index (χ2n) is 32.4. The number of benzene rings is 10. The summed E-state index contributed by atoms with van der Waals surface area (Å²) < 4.78 is 0. The van der Waals surface area contributed by atoms with E-state index < -0.39 is 0 Å². The Morgan fingerprint density at radius 1 is 0.344 bits per heavy atom. The van der Waals surface area contributed by atoms with Gasteiger partial charge in [0.05, 0.1) is 5.69 Å². The molecule has 0 spiro atoms. The van der Waals surface area contributed by atoms with Crippen LogP contribution < -0.4 is 25.5 Å².